The van der Waals surface area contributed by atoms with E-state index in [0.29, 0.717) is 23.5 Å². The van der Waals surface area contributed by atoms with Crippen molar-refractivity contribution in [2.24, 2.45) is 0 Å². The number of phenols is 1. The van der Waals surface area contributed by atoms with Crippen molar-refractivity contribution in [3.63, 3.8) is 0 Å². The van der Waals surface area contributed by atoms with Gasteiger partial charge < -0.3 is 20.5 Å². The Morgan fingerprint density at radius 2 is 1.71 bits per heavy atom. The van der Waals surface area contributed by atoms with Crippen LogP contribution in [0.1, 0.15) is 38.9 Å². The molecule has 0 aliphatic heterocycles. The van der Waals surface area contributed by atoms with E-state index >= 15 is 0 Å². The number of aromatic nitrogens is 2. The summed E-state index contributed by atoms with van der Waals surface area (Å²) in [6.07, 6.45) is -3.92. The van der Waals surface area contributed by atoms with Crippen LogP contribution in [-0.4, -0.2) is 46.4 Å². The van der Waals surface area contributed by atoms with Gasteiger partial charge in [-0.2, -0.15) is 18.3 Å². The molecule has 0 spiro atoms. The number of hydrogen-bond donors (Lipinski definition) is 3. The van der Waals surface area contributed by atoms with Crippen LogP contribution in [-0.2, 0) is 6.18 Å². The number of halogens is 3. The third-order valence-corrected chi connectivity index (χ3v) is 4.66. The smallest absolute Gasteiger partial charge is 0.435 e. The van der Waals surface area contributed by atoms with Crippen LogP contribution in [0.5, 0.6) is 11.5 Å². The Labute approximate surface area is 193 Å². The van der Waals surface area contributed by atoms with Crippen molar-refractivity contribution in [3.8, 4) is 17.2 Å². The Kier molecular flexibility index (Phi) is 7.44. The molecule has 0 atom stereocenters. The maximum atomic E-state index is 13.5. The summed E-state index contributed by atoms with van der Waals surface area (Å²) < 4.78 is 46.6. The van der Waals surface area contributed by atoms with Gasteiger partial charge in [0, 0.05) is 30.9 Å². The highest BCUT2D eigenvalue weighted by Crippen LogP contribution is 2.32. The first kappa shape index (κ1) is 24.6. The highest BCUT2D eigenvalue weighted by molar-refractivity contribution is 5.96. The van der Waals surface area contributed by atoms with Crippen LogP contribution in [0.15, 0.2) is 48.7 Å². The molecule has 0 saturated heterocycles. The molecule has 0 unspecified atom stereocenters. The molecular formula is C23H23F3N4O4. The molecule has 34 heavy (non-hydrogen) atoms. The summed E-state index contributed by atoms with van der Waals surface area (Å²) in [5.74, 6) is -0.923. The summed E-state index contributed by atoms with van der Waals surface area (Å²) in [6, 6.07) is 10.6. The Balaban J connectivity index is 1.64. The van der Waals surface area contributed by atoms with Crippen LogP contribution in [0.3, 0.4) is 0 Å². The normalized spacial score (nSPS) is 11.2. The van der Waals surface area contributed by atoms with Gasteiger partial charge in [0.1, 0.15) is 11.5 Å². The summed E-state index contributed by atoms with van der Waals surface area (Å²) in [5.41, 5.74) is -0.884. The molecule has 1 aromatic heterocycles. The molecule has 0 saturated carbocycles. The maximum absolute atomic E-state index is 13.5. The summed E-state index contributed by atoms with van der Waals surface area (Å²) in [5, 5.41) is 18.2. The van der Waals surface area contributed by atoms with Crippen LogP contribution in [0, 0.1) is 6.92 Å². The molecule has 3 N–H and O–H groups in total. The highest BCUT2D eigenvalue weighted by Gasteiger charge is 2.39. The number of carbonyl (C=O) groups is 2. The van der Waals surface area contributed by atoms with E-state index in [2.05, 4.69) is 15.7 Å². The molecule has 3 rings (SSSR count). The molecule has 0 fully saturated rings. The lowest BCUT2D eigenvalue weighted by Gasteiger charge is -2.09. The maximum Gasteiger partial charge on any atom is 0.435 e. The van der Waals surface area contributed by atoms with Gasteiger partial charge in [-0.15, -0.1) is 0 Å². The molecule has 2 aromatic carbocycles. The third-order valence-electron chi connectivity index (χ3n) is 4.66. The molecule has 8 nitrogen and oxygen atoms in total. The zero-order valence-corrected chi connectivity index (χ0v) is 18.4. The van der Waals surface area contributed by atoms with Crippen molar-refractivity contribution in [3.05, 3.63) is 71.0 Å². The highest BCUT2D eigenvalue weighted by atomic mass is 19.4. The SMILES string of the molecule is CCOc1ccc(C(=O)NCCNC(=O)c2cn(-c3cc(C)cc(O)c3)nc2C(F)(F)F)cc1. The minimum atomic E-state index is -4.87. The number of amides is 2. The molecule has 11 heteroatoms. The summed E-state index contributed by atoms with van der Waals surface area (Å²) in [7, 11) is 0. The number of phenolic OH excluding ortho intramolecular Hbond substituents is 1. The Morgan fingerprint density at radius 3 is 2.29 bits per heavy atom. The first-order valence-corrected chi connectivity index (χ1v) is 10.4. The molecular weight excluding hydrogens is 453 g/mol. The first-order valence-electron chi connectivity index (χ1n) is 10.4. The van der Waals surface area contributed by atoms with E-state index in [0.717, 1.165) is 10.9 Å². The topological polar surface area (TPSA) is 105 Å². The van der Waals surface area contributed by atoms with Crippen LogP contribution >= 0.6 is 0 Å². The molecule has 0 bridgehead atoms. The summed E-state index contributed by atoms with van der Waals surface area (Å²) in [6.45, 7) is 3.89. The number of aryl methyl sites for hydroxylation is 1. The number of alkyl halides is 3. The molecule has 1 heterocycles. The zero-order chi connectivity index (χ0) is 24.9. The van der Waals surface area contributed by atoms with Crippen LogP contribution in [0.4, 0.5) is 13.2 Å². The van der Waals surface area contributed by atoms with Crippen LogP contribution < -0.4 is 15.4 Å². The second-order valence-electron chi connectivity index (χ2n) is 7.33. The summed E-state index contributed by atoms with van der Waals surface area (Å²) >= 11 is 0. The van der Waals surface area contributed by atoms with E-state index in [1.54, 1.807) is 31.2 Å². The monoisotopic (exact) mass is 476 g/mol. The van der Waals surface area contributed by atoms with Gasteiger partial charge in [0.05, 0.1) is 17.9 Å². The minimum absolute atomic E-state index is 0.000967. The molecule has 2 amide bonds. The lowest BCUT2D eigenvalue weighted by Crippen LogP contribution is -2.35. The van der Waals surface area contributed by atoms with Crippen molar-refractivity contribution < 1.29 is 32.6 Å². The van der Waals surface area contributed by atoms with Crippen molar-refractivity contribution in [1.82, 2.24) is 20.4 Å². The van der Waals surface area contributed by atoms with Gasteiger partial charge in [-0.3, -0.25) is 9.59 Å². The standard InChI is InChI=1S/C23H23F3N4O4/c1-3-34-18-6-4-15(5-7-18)21(32)27-8-9-28-22(33)19-13-30(29-20(19)23(24,25)26)16-10-14(2)11-17(31)12-16/h4-7,10-13,31H,3,8-9H2,1-2H3,(H,27,32)(H,28,33). The number of rotatable bonds is 8. The van der Waals surface area contributed by atoms with Crippen molar-refractivity contribution in [1.29, 1.82) is 0 Å². The Morgan fingerprint density at radius 1 is 1.06 bits per heavy atom. The van der Waals surface area contributed by atoms with Gasteiger partial charge in [0.2, 0.25) is 0 Å². The molecule has 0 aliphatic rings. The van der Waals surface area contributed by atoms with E-state index < -0.39 is 29.2 Å². The average Bonchev–Trinajstić information content (AvgIpc) is 3.23. The average molecular weight is 476 g/mol. The fourth-order valence-electron chi connectivity index (χ4n) is 3.18. The number of ether oxygens (including phenoxy) is 1. The predicted octanol–water partition coefficient (Wildman–Crippen LogP) is 3.46. The number of carbonyl (C=O) groups excluding carboxylic acids is 2. The number of aromatic hydroxyl groups is 1. The second-order valence-corrected chi connectivity index (χ2v) is 7.33. The lowest BCUT2D eigenvalue weighted by atomic mass is 10.2. The van der Waals surface area contributed by atoms with Gasteiger partial charge in [0.15, 0.2) is 5.69 Å². The number of benzene rings is 2. The van der Waals surface area contributed by atoms with Crippen molar-refractivity contribution in [2.45, 2.75) is 20.0 Å². The van der Waals surface area contributed by atoms with Crippen molar-refractivity contribution in [2.75, 3.05) is 19.7 Å². The largest absolute Gasteiger partial charge is 0.508 e. The van der Waals surface area contributed by atoms with E-state index in [1.165, 1.54) is 18.2 Å². The number of nitrogens with one attached hydrogen (secondary N) is 2. The van der Waals surface area contributed by atoms with Crippen LogP contribution in [0.25, 0.3) is 5.69 Å². The second kappa shape index (κ2) is 10.3. The van der Waals surface area contributed by atoms with E-state index in [4.69, 9.17) is 4.74 Å². The van der Waals surface area contributed by atoms with Gasteiger partial charge in [-0.05, 0) is 55.8 Å². The minimum Gasteiger partial charge on any atom is -0.508 e. The fourth-order valence-corrected chi connectivity index (χ4v) is 3.18. The molecule has 180 valence electrons. The number of nitrogens with zero attached hydrogens (tertiary/aromatic N) is 2. The molecule has 0 aliphatic carbocycles. The Bertz CT molecular complexity index is 1150. The van der Waals surface area contributed by atoms with E-state index in [1.807, 2.05) is 6.92 Å². The molecule has 3 aromatic rings. The van der Waals surface area contributed by atoms with E-state index in [9.17, 15) is 27.9 Å². The number of hydrogen-bond acceptors (Lipinski definition) is 5. The zero-order valence-electron chi connectivity index (χ0n) is 18.4. The summed E-state index contributed by atoms with van der Waals surface area (Å²) in [4.78, 5) is 24.6. The van der Waals surface area contributed by atoms with E-state index in [-0.39, 0.29) is 24.5 Å². The lowest BCUT2D eigenvalue weighted by molar-refractivity contribution is -0.141. The molecule has 0 radical (unpaired) electrons. The van der Waals surface area contributed by atoms with Gasteiger partial charge >= 0.3 is 6.18 Å². The Hall–Kier alpha value is -4.02. The van der Waals surface area contributed by atoms with Crippen molar-refractivity contribution >= 4 is 11.8 Å². The van der Waals surface area contributed by atoms with Gasteiger partial charge in [-0.25, -0.2) is 4.68 Å². The quantitative estimate of drug-likeness (QED) is 0.432. The first-order chi connectivity index (χ1) is 16.1. The van der Waals surface area contributed by atoms with Gasteiger partial charge in [0.25, 0.3) is 11.8 Å². The van der Waals surface area contributed by atoms with Crippen LogP contribution in [0.2, 0.25) is 0 Å². The fraction of sp³-hybridized carbons (Fsp3) is 0.261. The third kappa shape index (κ3) is 6.06. The predicted molar refractivity (Wildman–Crippen MR) is 117 cm³/mol. The van der Waals surface area contributed by atoms with Gasteiger partial charge in [-0.1, -0.05) is 0 Å².